The number of anilines is 1. The average Bonchev–Trinajstić information content (AvgIpc) is 3.05. The Kier molecular flexibility index (Phi) is 5.73. The van der Waals surface area contributed by atoms with Crippen molar-refractivity contribution < 1.29 is 9.59 Å². The molecule has 2 heterocycles. The second-order valence-electron chi connectivity index (χ2n) is 8.59. The zero-order chi connectivity index (χ0) is 21.2. The Hall–Kier alpha value is -3.15. The second kappa shape index (κ2) is 8.07. The summed E-state index contributed by atoms with van der Waals surface area (Å²) >= 11 is 0. The van der Waals surface area contributed by atoms with E-state index in [1.165, 1.54) is 0 Å². The predicted molar refractivity (Wildman–Crippen MR) is 115 cm³/mol. The molecule has 1 aromatic carbocycles. The first-order valence-corrected chi connectivity index (χ1v) is 9.84. The lowest BCUT2D eigenvalue weighted by molar-refractivity contribution is 0.0946. The molecule has 0 aliphatic carbocycles. The van der Waals surface area contributed by atoms with Crippen LogP contribution in [-0.4, -0.2) is 27.7 Å². The van der Waals surface area contributed by atoms with Crippen molar-refractivity contribution in [3.63, 3.8) is 0 Å². The molecule has 0 fully saturated rings. The average molecular weight is 393 g/mol. The molecule has 0 bridgehead atoms. The Bertz CT molecular complexity index is 1040. The third kappa shape index (κ3) is 4.47. The van der Waals surface area contributed by atoms with Gasteiger partial charge < -0.3 is 10.6 Å². The number of nitrogens with one attached hydrogen (secondary N) is 2. The van der Waals surface area contributed by atoms with Gasteiger partial charge in [0.05, 0.1) is 5.52 Å². The van der Waals surface area contributed by atoms with Crippen LogP contribution >= 0.6 is 0 Å². The van der Waals surface area contributed by atoms with Gasteiger partial charge in [-0.2, -0.15) is 0 Å². The van der Waals surface area contributed by atoms with E-state index >= 15 is 0 Å². The monoisotopic (exact) mass is 392 g/mol. The molecule has 6 heteroatoms. The maximum Gasteiger partial charge on any atom is 0.292 e. The highest BCUT2D eigenvalue weighted by atomic mass is 16.2. The second-order valence-corrected chi connectivity index (χ2v) is 8.59. The number of para-hydroxylation sites is 1. The SMILES string of the molecule is CC(C)CNC(=O)c1nc(C(=O)Nc2ccccc2C(C)(C)C)n2ccccc12. The largest absolute Gasteiger partial charge is 0.350 e. The van der Waals surface area contributed by atoms with Crippen molar-refractivity contribution >= 4 is 23.0 Å². The molecule has 3 rings (SSSR count). The van der Waals surface area contributed by atoms with Gasteiger partial charge in [0.2, 0.25) is 5.82 Å². The molecule has 0 unspecified atom stereocenters. The van der Waals surface area contributed by atoms with Gasteiger partial charge in [0.25, 0.3) is 11.8 Å². The van der Waals surface area contributed by atoms with Crippen LogP contribution in [0.1, 0.15) is 61.3 Å². The molecule has 2 aromatic heterocycles. The number of hydrogen-bond donors (Lipinski definition) is 2. The Morgan fingerprint density at radius 2 is 1.72 bits per heavy atom. The van der Waals surface area contributed by atoms with E-state index in [1.807, 2.05) is 50.2 Å². The molecule has 3 aromatic rings. The van der Waals surface area contributed by atoms with E-state index in [0.29, 0.717) is 18.0 Å². The van der Waals surface area contributed by atoms with Crippen LogP contribution in [0, 0.1) is 5.92 Å². The highest BCUT2D eigenvalue weighted by molar-refractivity contribution is 6.06. The van der Waals surface area contributed by atoms with E-state index in [9.17, 15) is 9.59 Å². The fraction of sp³-hybridized carbons (Fsp3) is 0.348. The molecule has 6 nitrogen and oxygen atoms in total. The molecular formula is C23H28N4O2. The summed E-state index contributed by atoms with van der Waals surface area (Å²) in [4.78, 5) is 30.1. The molecule has 2 amide bonds. The highest BCUT2D eigenvalue weighted by Gasteiger charge is 2.24. The number of aromatic nitrogens is 2. The van der Waals surface area contributed by atoms with E-state index in [4.69, 9.17) is 0 Å². The summed E-state index contributed by atoms with van der Waals surface area (Å²) in [5, 5.41) is 5.85. The van der Waals surface area contributed by atoms with E-state index in [2.05, 4.69) is 36.4 Å². The molecule has 152 valence electrons. The van der Waals surface area contributed by atoms with E-state index in [1.54, 1.807) is 16.7 Å². The fourth-order valence-electron chi connectivity index (χ4n) is 3.17. The van der Waals surface area contributed by atoms with Crippen molar-refractivity contribution in [2.45, 2.75) is 40.0 Å². The minimum Gasteiger partial charge on any atom is -0.350 e. The van der Waals surface area contributed by atoms with Gasteiger partial charge in [0.1, 0.15) is 0 Å². The number of imidazole rings is 1. The normalized spacial score (nSPS) is 11.7. The van der Waals surface area contributed by atoms with Gasteiger partial charge >= 0.3 is 0 Å². The van der Waals surface area contributed by atoms with Gasteiger partial charge in [-0.25, -0.2) is 4.98 Å². The lowest BCUT2D eigenvalue weighted by Gasteiger charge is -2.22. The molecule has 0 saturated carbocycles. The Morgan fingerprint density at radius 3 is 2.41 bits per heavy atom. The van der Waals surface area contributed by atoms with Crippen molar-refractivity contribution in [3.05, 3.63) is 65.7 Å². The number of hydrogen-bond acceptors (Lipinski definition) is 3. The number of pyridine rings is 1. The number of benzene rings is 1. The van der Waals surface area contributed by atoms with Crippen molar-refractivity contribution in [2.75, 3.05) is 11.9 Å². The lowest BCUT2D eigenvalue weighted by Crippen LogP contribution is -2.28. The molecule has 0 aliphatic heterocycles. The Balaban J connectivity index is 1.97. The highest BCUT2D eigenvalue weighted by Crippen LogP contribution is 2.29. The zero-order valence-electron chi connectivity index (χ0n) is 17.6. The van der Waals surface area contributed by atoms with Crippen LogP contribution in [0.3, 0.4) is 0 Å². The zero-order valence-corrected chi connectivity index (χ0v) is 17.6. The topological polar surface area (TPSA) is 75.5 Å². The Morgan fingerprint density at radius 1 is 1.03 bits per heavy atom. The number of rotatable bonds is 5. The van der Waals surface area contributed by atoms with Crippen LogP contribution in [0.25, 0.3) is 5.52 Å². The van der Waals surface area contributed by atoms with E-state index in [-0.39, 0.29) is 28.7 Å². The molecule has 0 saturated heterocycles. The molecule has 0 aliphatic rings. The summed E-state index contributed by atoms with van der Waals surface area (Å²) in [6, 6.07) is 13.2. The van der Waals surface area contributed by atoms with Crippen molar-refractivity contribution in [1.82, 2.24) is 14.7 Å². The first-order chi connectivity index (χ1) is 13.7. The first kappa shape index (κ1) is 20.6. The van der Waals surface area contributed by atoms with Gasteiger partial charge in [-0.15, -0.1) is 0 Å². The van der Waals surface area contributed by atoms with Gasteiger partial charge in [0.15, 0.2) is 5.69 Å². The minimum atomic E-state index is -0.356. The summed E-state index contributed by atoms with van der Waals surface area (Å²) < 4.78 is 1.65. The van der Waals surface area contributed by atoms with Gasteiger partial charge in [-0.1, -0.05) is 58.9 Å². The smallest absolute Gasteiger partial charge is 0.292 e. The van der Waals surface area contributed by atoms with Crippen LogP contribution in [-0.2, 0) is 5.41 Å². The summed E-state index contributed by atoms with van der Waals surface area (Å²) in [5.74, 6) is -0.133. The molecular weight excluding hydrogens is 364 g/mol. The number of fused-ring (bicyclic) bond motifs is 1. The summed E-state index contributed by atoms with van der Waals surface area (Å²) in [6.07, 6.45) is 1.74. The summed E-state index contributed by atoms with van der Waals surface area (Å²) in [5.41, 5.74) is 2.50. The molecule has 2 N–H and O–H groups in total. The van der Waals surface area contributed by atoms with Gasteiger partial charge in [-0.05, 0) is 35.1 Å². The van der Waals surface area contributed by atoms with Crippen LogP contribution in [0.5, 0.6) is 0 Å². The van der Waals surface area contributed by atoms with Crippen LogP contribution in [0.4, 0.5) is 5.69 Å². The van der Waals surface area contributed by atoms with Crippen LogP contribution in [0.2, 0.25) is 0 Å². The third-order valence-electron chi connectivity index (χ3n) is 4.62. The standard InChI is InChI=1S/C23H28N4O2/c1-15(2)14-24-21(28)19-18-12-8-9-13-27(18)20(26-19)22(29)25-17-11-7-6-10-16(17)23(3,4)5/h6-13,15H,14H2,1-5H3,(H,24,28)(H,25,29). The van der Waals surface area contributed by atoms with E-state index < -0.39 is 0 Å². The first-order valence-electron chi connectivity index (χ1n) is 9.84. The van der Waals surface area contributed by atoms with Gasteiger partial charge in [0, 0.05) is 18.4 Å². The van der Waals surface area contributed by atoms with Crippen LogP contribution < -0.4 is 10.6 Å². The summed E-state index contributed by atoms with van der Waals surface area (Å²) in [6.45, 7) is 10.9. The molecule has 29 heavy (non-hydrogen) atoms. The van der Waals surface area contributed by atoms with Crippen molar-refractivity contribution in [2.24, 2.45) is 5.92 Å². The maximum atomic E-state index is 13.1. The molecule has 0 atom stereocenters. The van der Waals surface area contributed by atoms with Crippen LogP contribution in [0.15, 0.2) is 48.7 Å². The Labute approximate surface area is 171 Å². The summed E-state index contributed by atoms with van der Waals surface area (Å²) in [7, 11) is 0. The lowest BCUT2D eigenvalue weighted by atomic mass is 9.86. The van der Waals surface area contributed by atoms with Crippen molar-refractivity contribution in [3.8, 4) is 0 Å². The quantitative estimate of drug-likeness (QED) is 0.681. The van der Waals surface area contributed by atoms with Crippen molar-refractivity contribution in [1.29, 1.82) is 0 Å². The molecule has 0 spiro atoms. The third-order valence-corrected chi connectivity index (χ3v) is 4.62. The fourth-order valence-corrected chi connectivity index (χ4v) is 3.17. The number of amides is 2. The maximum absolute atomic E-state index is 13.1. The predicted octanol–water partition coefficient (Wildman–Crippen LogP) is 4.27. The molecule has 0 radical (unpaired) electrons. The minimum absolute atomic E-state index is 0.125. The number of nitrogens with zero attached hydrogens (tertiary/aromatic N) is 2. The van der Waals surface area contributed by atoms with Gasteiger partial charge in [-0.3, -0.25) is 14.0 Å². The number of carbonyl (C=O) groups excluding carboxylic acids is 2. The van der Waals surface area contributed by atoms with E-state index in [0.717, 1.165) is 11.3 Å². The number of carbonyl (C=O) groups is 2.